The number of nitrogens with one attached hydrogen (secondary N) is 1. The van der Waals surface area contributed by atoms with Crippen LogP contribution in [0, 0.1) is 6.92 Å². The summed E-state index contributed by atoms with van der Waals surface area (Å²) in [7, 11) is -4.13. The second-order valence-corrected chi connectivity index (χ2v) is 11.3. The molecular formula is C26H26Cl2N4O4S. The van der Waals surface area contributed by atoms with Crippen LogP contribution in [-0.4, -0.2) is 45.5 Å². The number of H-pyrrole nitrogens is 1. The molecule has 0 amide bonds. The molecule has 0 atom stereocenters. The lowest BCUT2D eigenvalue weighted by atomic mass is 10.1. The molecule has 11 heteroatoms. The molecule has 2 heterocycles. The van der Waals surface area contributed by atoms with Crippen molar-refractivity contribution >= 4 is 44.0 Å². The Morgan fingerprint density at radius 3 is 2.27 bits per heavy atom. The number of aromatic nitrogens is 3. The van der Waals surface area contributed by atoms with Gasteiger partial charge >= 0.3 is 0 Å². The van der Waals surface area contributed by atoms with Gasteiger partial charge in [0.15, 0.2) is 5.65 Å². The Bertz CT molecular complexity index is 1640. The highest BCUT2D eigenvalue weighted by Crippen LogP contribution is 2.34. The van der Waals surface area contributed by atoms with Gasteiger partial charge in [-0.15, -0.1) is 0 Å². The molecule has 8 nitrogen and oxygen atoms in total. The Labute approximate surface area is 224 Å². The smallest absolute Gasteiger partial charge is 0.291 e. The molecule has 4 aromatic rings. The molecule has 4 rings (SSSR count). The van der Waals surface area contributed by atoms with Crippen LogP contribution in [0.4, 0.5) is 0 Å². The first-order chi connectivity index (χ1) is 17.6. The van der Waals surface area contributed by atoms with Crippen molar-refractivity contribution in [3.05, 3.63) is 80.2 Å². The quantitative estimate of drug-likeness (QED) is 0.303. The number of hydrogen-bond acceptors (Lipinski definition) is 5. The summed E-state index contributed by atoms with van der Waals surface area (Å²) in [6.45, 7) is 6.10. The molecular weight excluding hydrogens is 535 g/mol. The summed E-state index contributed by atoms with van der Waals surface area (Å²) in [6.07, 6.45) is 1.22. The molecule has 0 spiro atoms. The van der Waals surface area contributed by atoms with Gasteiger partial charge in [0.1, 0.15) is 0 Å². The van der Waals surface area contributed by atoms with E-state index in [0.717, 1.165) is 0 Å². The summed E-state index contributed by atoms with van der Waals surface area (Å²) in [5.41, 5.74) is 3.03. The van der Waals surface area contributed by atoms with Gasteiger partial charge in [0.2, 0.25) is 0 Å². The van der Waals surface area contributed by atoms with E-state index in [1.54, 1.807) is 30.3 Å². The fraction of sp³-hybridized carbons (Fsp3) is 0.269. The standard InChI is InChI=1S/C26H26Cl2N4O4S/c1-4-12-31(13-5-2)37(35,36)26(34)18-8-6-17(7-9-18)22-15-23(33)32-25(29-22)24(16(3)30-32)20-11-10-19(27)14-21(20)28/h6-11,14-15,30H,4-5,12-13H2,1-3H3. The average molecular weight is 561 g/mol. The number of rotatable bonds is 8. The van der Waals surface area contributed by atoms with Gasteiger partial charge in [-0.25, -0.2) is 17.9 Å². The number of aromatic amines is 1. The van der Waals surface area contributed by atoms with E-state index in [2.05, 4.69) is 5.10 Å². The van der Waals surface area contributed by atoms with Crippen LogP contribution in [-0.2, 0) is 10.0 Å². The summed E-state index contributed by atoms with van der Waals surface area (Å²) in [5, 5.41) is 2.97. The summed E-state index contributed by atoms with van der Waals surface area (Å²) in [6, 6.07) is 12.5. The maximum Gasteiger partial charge on any atom is 0.291 e. The van der Waals surface area contributed by atoms with Crippen molar-refractivity contribution in [2.75, 3.05) is 13.1 Å². The number of halogens is 2. The number of sulfonamides is 1. The summed E-state index contributed by atoms with van der Waals surface area (Å²) in [5.74, 6) is 0. The van der Waals surface area contributed by atoms with Crippen LogP contribution in [0.25, 0.3) is 28.0 Å². The number of aryl methyl sites for hydroxylation is 1. The third-order valence-electron chi connectivity index (χ3n) is 5.93. The van der Waals surface area contributed by atoms with Crippen LogP contribution in [0.15, 0.2) is 53.3 Å². The van der Waals surface area contributed by atoms with Crippen molar-refractivity contribution in [2.24, 2.45) is 0 Å². The highest BCUT2D eigenvalue weighted by atomic mass is 35.5. The average Bonchev–Trinajstić information content (AvgIpc) is 3.20. The second kappa shape index (κ2) is 10.8. The molecule has 0 radical (unpaired) electrons. The van der Waals surface area contributed by atoms with E-state index in [9.17, 15) is 18.0 Å². The molecule has 2 aromatic heterocycles. The predicted octanol–water partition coefficient (Wildman–Crippen LogP) is 5.56. The topological polar surface area (TPSA) is 105 Å². The van der Waals surface area contributed by atoms with E-state index in [-0.39, 0.29) is 24.2 Å². The van der Waals surface area contributed by atoms with Gasteiger partial charge in [-0.2, -0.15) is 4.31 Å². The summed E-state index contributed by atoms with van der Waals surface area (Å²) in [4.78, 5) is 30.5. The number of nitrogens with zero attached hydrogens (tertiary/aromatic N) is 3. The normalized spacial score (nSPS) is 11.9. The van der Waals surface area contributed by atoms with Gasteiger partial charge in [0.25, 0.3) is 20.7 Å². The third-order valence-corrected chi connectivity index (χ3v) is 8.23. The largest absolute Gasteiger partial charge is 0.293 e. The van der Waals surface area contributed by atoms with Crippen molar-refractivity contribution in [1.82, 2.24) is 18.9 Å². The van der Waals surface area contributed by atoms with Gasteiger partial charge < -0.3 is 0 Å². The monoisotopic (exact) mass is 560 g/mol. The molecule has 0 saturated carbocycles. The van der Waals surface area contributed by atoms with Crippen LogP contribution in [0.5, 0.6) is 0 Å². The first kappa shape index (κ1) is 27.1. The van der Waals surface area contributed by atoms with Gasteiger partial charge in [-0.3, -0.25) is 14.7 Å². The molecule has 1 N–H and O–H groups in total. The lowest BCUT2D eigenvalue weighted by molar-refractivity contribution is 0.106. The number of fused-ring (bicyclic) bond motifs is 1. The van der Waals surface area contributed by atoms with Gasteiger partial charge in [-0.1, -0.05) is 55.2 Å². The van der Waals surface area contributed by atoms with Crippen LogP contribution < -0.4 is 5.56 Å². The Hall–Kier alpha value is -2.98. The lowest BCUT2D eigenvalue weighted by Crippen LogP contribution is -2.37. The number of carbonyl (C=O) groups is 1. The zero-order chi connectivity index (χ0) is 26.9. The Kier molecular flexibility index (Phi) is 7.89. The van der Waals surface area contributed by atoms with Gasteiger partial charge in [0, 0.05) is 52.1 Å². The zero-order valence-corrected chi connectivity index (χ0v) is 22.9. The predicted molar refractivity (Wildman–Crippen MR) is 147 cm³/mol. The van der Waals surface area contributed by atoms with Gasteiger partial charge in [-0.05, 0) is 44.0 Å². The minimum Gasteiger partial charge on any atom is -0.293 e. The summed E-state index contributed by atoms with van der Waals surface area (Å²) >= 11 is 12.5. The van der Waals surface area contributed by atoms with E-state index >= 15 is 0 Å². The van der Waals surface area contributed by atoms with Crippen molar-refractivity contribution in [3.63, 3.8) is 0 Å². The number of hydrogen-bond donors (Lipinski definition) is 1. The van der Waals surface area contributed by atoms with Crippen molar-refractivity contribution in [3.8, 4) is 22.4 Å². The van der Waals surface area contributed by atoms with Crippen molar-refractivity contribution in [1.29, 1.82) is 0 Å². The van der Waals surface area contributed by atoms with Crippen LogP contribution in [0.2, 0.25) is 10.0 Å². The molecule has 0 saturated heterocycles. The van der Waals surface area contributed by atoms with E-state index in [4.69, 9.17) is 28.2 Å². The molecule has 0 unspecified atom stereocenters. The molecule has 0 aliphatic rings. The van der Waals surface area contributed by atoms with Crippen LogP contribution >= 0.6 is 23.2 Å². The fourth-order valence-corrected chi connectivity index (χ4v) is 6.22. The van der Waals surface area contributed by atoms with Crippen LogP contribution in [0.1, 0.15) is 42.7 Å². The fourth-order valence-electron chi connectivity index (χ4n) is 4.21. The van der Waals surface area contributed by atoms with E-state index < -0.39 is 15.1 Å². The Balaban J connectivity index is 1.74. The lowest BCUT2D eigenvalue weighted by Gasteiger charge is -2.19. The molecule has 0 aliphatic carbocycles. The second-order valence-electron chi connectivity index (χ2n) is 8.64. The SMILES string of the molecule is CCCN(CCC)S(=O)(=O)C(=O)c1ccc(-c2cc(=O)n3[nH]c(C)c(-c4ccc(Cl)cc4Cl)c3n2)cc1. The van der Waals surface area contributed by atoms with Crippen molar-refractivity contribution in [2.45, 2.75) is 33.6 Å². The Morgan fingerprint density at radius 2 is 1.68 bits per heavy atom. The number of benzene rings is 2. The highest BCUT2D eigenvalue weighted by molar-refractivity contribution is 8.04. The van der Waals surface area contributed by atoms with E-state index in [1.807, 2.05) is 20.8 Å². The van der Waals surface area contributed by atoms with Crippen LogP contribution in [0.3, 0.4) is 0 Å². The van der Waals surface area contributed by atoms with Gasteiger partial charge in [0.05, 0.1) is 10.7 Å². The minimum absolute atomic E-state index is 0.0462. The molecule has 194 valence electrons. The molecule has 0 bridgehead atoms. The zero-order valence-electron chi connectivity index (χ0n) is 20.6. The third kappa shape index (κ3) is 5.22. The van der Waals surface area contributed by atoms with Crippen molar-refractivity contribution < 1.29 is 13.2 Å². The number of carbonyl (C=O) groups excluding carboxylic acids is 1. The summed E-state index contributed by atoms with van der Waals surface area (Å²) < 4.78 is 28.3. The first-order valence-electron chi connectivity index (χ1n) is 11.8. The maximum atomic E-state index is 12.9. The molecule has 0 aliphatic heterocycles. The molecule has 37 heavy (non-hydrogen) atoms. The van der Waals surface area contributed by atoms with E-state index in [1.165, 1.54) is 27.0 Å². The first-order valence-corrected chi connectivity index (χ1v) is 14.0. The Morgan fingerprint density at radius 1 is 1.03 bits per heavy atom. The molecule has 2 aromatic carbocycles. The maximum absolute atomic E-state index is 12.9. The van der Waals surface area contributed by atoms with E-state index in [0.29, 0.717) is 56.6 Å². The minimum atomic E-state index is -4.13. The highest BCUT2D eigenvalue weighted by Gasteiger charge is 2.30. The molecule has 0 fully saturated rings.